The fraction of sp³-hybridized carbons (Fsp3) is 0.350. The van der Waals surface area contributed by atoms with Crippen LogP contribution < -0.4 is 5.32 Å². The minimum absolute atomic E-state index is 0.0378. The number of aromatic nitrogens is 2. The third kappa shape index (κ3) is 5.10. The number of benzene rings is 1. The molecule has 1 N–H and O–H groups in total. The average Bonchev–Trinajstić information content (AvgIpc) is 3.10. The van der Waals surface area contributed by atoms with Crippen molar-refractivity contribution in [3.8, 4) is 0 Å². The molecule has 1 saturated heterocycles. The summed E-state index contributed by atoms with van der Waals surface area (Å²) < 4.78 is 23.5. The number of hydrogen-bond donors (Lipinski definition) is 1. The lowest BCUT2D eigenvalue weighted by Gasteiger charge is -2.27. The van der Waals surface area contributed by atoms with Gasteiger partial charge in [0.2, 0.25) is 5.91 Å². The van der Waals surface area contributed by atoms with Gasteiger partial charge in [-0.15, -0.1) is 0 Å². The number of rotatable bonds is 5. The molecule has 162 valence electrons. The normalized spacial score (nSPS) is 20.4. The largest absolute Gasteiger partial charge is 0.321 e. The SMILES string of the molecule is Cc1cc(Sc2ncccn2)ccc1NC(=O)C1=NN(C2CCS(=O)(=O)C2)C(=O)CC1. The molecular weight excluding hydrogens is 438 g/mol. The van der Waals surface area contributed by atoms with Crippen molar-refractivity contribution in [2.45, 2.75) is 42.3 Å². The standard InChI is InChI=1S/C20H21N5O4S2/c1-13-11-15(30-20-21-8-2-9-22-20)3-4-16(13)23-19(27)17-5-6-18(26)25(24-17)14-7-10-31(28,29)12-14/h2-4,8-9,11,14H,5-7,10,12H2,1H3,(H,23,27). The van der Waals surface area contributed by atoms with E-state index >= 15 is 0 Å². The number of sulfone groups is 1. The second-order valence-electron chi connectivity index (χ2n) is 7.41. The Morgan fingerprint density at radius 1 is 1.23 bits per heavy atom. The topological polar surface area (TPSA) is 122 Å². The highest BCUT2D eigenvalue weighted by atomic mass is 32.2. The lowest BCUT2D eigenvalue weighted by atomic mass is 10.1. The van der Waals surface area contributed by atoms with Crippen LogP contribution in [0.3, 0.4) is 0 Å². The highest BCUT2D eigenvalue weighted by Crippen LogP contribution is 2.28. The van der Waals surface area contributed by atoms with E-state index in [9.17, 15) is 18.0 Å². The van der Waals surface area contributed by atoms with Gasteiger partial charge in [0.15, 0.2) is 15.0 Å². The lowest BCUT2D eigenvalue weighted by molar-refractivity contribution is -0.133. The van der Waals surface area contributed by atoms with Gasteiger partial charge in [0, 0.05) is 35.8 Å². The Morgan fingerprint density at radius 2 is 2.00 bits per heavy atom. The molecule has 1 aromatic carbocycles. The number of nitrogens with one attached hydrogen (secondary N) is 1. The van der Waals surface area contributed by atoms with Crippen molar-refractivity contribution in [2.24, 2.45) is 5.10 Å². The summed E-state index contributed by atoms with van der Waals surface area (Å²) in [6.45, 7) is 1.88. The second-order valence-corrected chi connectivity index (χ2v) is 10.7. The van der Waals surface area contributed by atoms with Crippen molar-refractivity contribution < 1.29 is 18.0 Å². The van der Waals surface area contributed by atoms with Crippen LogP contribution in [0.1, 0.15) is 24.8 Å². The molecule has 0 radical (unpaired) electrons. The van der Waals surface area contributed by atoms with Crippen LogP contribution in [-0.2, 0) is 19.4 Å². The summed E-state index contributed by atoms with van der Waals surface area (Å²) in [6.07, 6.45) is 4.05. The van der Waals surface area contributed by atoms with E-state index in [0.717, 1.165) is 10.5 Å². The van der Waals surface area contributed by atoms with Crippen LogP contribution in [0.2, 0.25) is 0 Å². The third-order valence-corrected chi connectivity index (χ3v) is 7.71. The van der Waals surface area contributed by atoms with Crippen LogP contribution in [-0.4, -0.2) is 58.5 Å². The summed E-state index contributed by atoms with van der Waals surface area (Å²) in [5.41, 5.74) is 1.72. The van der Waals surface area contributed by atoms with Gasteiger partial charge in [0.1, 0.15) is 5.71 Å². The van der Waals surface area contributed by atoms with E-state index in [1.54, 1.807) is 24.5 Å². The van der Waals surface area contributed by atoms with Crippen LogP contribution in [0.25, 0.3) is 0 Å². The van der Waals surface area contributed by atoms with Crippen LogP contribution >= 0.6 is 11.8 Å². The first-order valence-corrected chi connectivity index (χ1v) is 12.4. The highest BCUT2D eigenvalue weighted by molar-refractivity contribution is 7.99. The molecule has 9 nitrogen and oxygen atoms in total. The maximum atomic E-state index is 12.8. The summed E-state index contributed by atoms with van der Waals surface area (Å²) >= 11 is 1.42. The van der Waals surface area contributed by atoms with Crippen LogP contribution in [0.15, 0.2) is 51.8 Å². The Morgan fingerprint density at radius 3 is 2.68 bits per heavy atom. The minimum atomic E-state index is -3.16. The zero-order valence-corrected chi connectivity index (χ0v) is 18.4. The van der Waals surface area contributed by atoms with Gasteiger partial charge in [-0.2, -0.15) is 5.10 Å². The first kappa shape index (κ1) is 21.4. The third-order valence-electron chi connectivity index (χ3n) is 5.07. The predicted molar refractivity (Wildman–Crippen MR) is 117 cm³/mol. The molecule has 1 unspecified atom stereocenters. The van der Waals surface area contributed by atoms with Crippen LogP contribution in [0.4, 0.5) is 5.69 Å². The Labute approximate surface area is 184 Å². The van der Waals surface area contributed by atoms with Gasteiger partial charge >= 0.3 is 0 Å². The summed E-state index contributed by atoms with van der Waals surface area (Å²) in [6, 6.07) is 6.85. The van der Waals surface area contributed by atoms with Gasteiger partial charge in [0.25, 0.3) is 5.91 Å². The van der Waals surface area contributed by atoms with E-state index in [4.69, 9.17) is 0 Å². The summed E-state index contributed by atoms with van der Waals surface area (Å²) in [7, 11) is -3.16. The number of nitrogens with zero attached hydrogens (tertiary/aromatic N) is 4. The molecule has 2 aromatic rings. The molecule has 1 aromatic heterocycles. The van der Waals surface area contributed by atoms with Gasteiger partial charge in [-0.3, -0.25) is 9.59 Å². The molecule has 0 bridgehead atoms. The molecule has 0 spiro atoms. The van der Waals surface area contributed by atoms with Gasteiger partial charge in [-0.1, -0.05) is 0 Å². The van der Waals surface area contributed by atoms with E-state index in [1.807, 2.05) is 19.1 Å². The molecule has 2 aliphatic heterocycles. The number of amides is 2. The minimum Gasteiger partial charge on any atom is -0.321 e. The average molecular weight is 460 g/mol. The quantitative estimate of drug-likeness (QED) is 0.679. The van der Waals surface area contributed by atoms with Crippen molar-refractivity contribution in [2.75, 3.05) is 16.8 Å². The molecule has 4 rings (SSSR count). The van der Waals surface area contributed by atoms with Crippen LogP contribution in [0.5, 0.6) is 0 Å². The van der Waals surface area contributed by atoms with Gasteiger partial charge in [-0.25, -0.2) is 23.4 Å². The smallest absolute Gasteiger partial charge is 0.271 e. The monoisotopic (exact) mass is 459 g/mol. The molecule has 11 heteroatoms. The number of aryl methyl sites for hydroxylation is 1. The van der Waals surface area contributed by atoms with Gasteiger partial charge in [0.05, 0.1) is 17.5 Å². The zero-order chi connectivity index (χ0) is 22.0. The number of anilines is 1. The number of hydrogen-bond acceptors (Lipinski definition) is 8. The molecule has 0 saturated carbocycles. The molecule has 0 aliphatic carbocycles. The maximum absolute atomic E-state index is 12.8. The second kappa shape index (κ2) is 8.75. The van der Waals surface area contributed by atoms with E-state index in [0.29, 0.717) is 17.3 Å². The lowest BCUT2D eigenvalue weighted by Crippen LogP contribution is -2.42. The summed E-state index contributed by atoms with van der Waals surface area (Å²) in [5.74, 6) is -0.719. The summed E-state index contributed by atoms with van der Waals surface area (Å²) in [4.78, 5) is 34.3. The zero-order valence-electron chi connectivity index (χ0n) is 16.8. The summed E-state index contributed by atoms with van der Waals surface area (Å²) in [5, 5.41) is 8.88. The Bertz CT molecular complexity index is 1150. The number of carbonyl (C=O) groups is 2. The molecule has 2 amide bonds. The van der Waals surface area contributed by atoms with E-state index in [-0.39, 0.29) is 36.0 Å². The molecule has 3 heterocycles. The first-order valence-electron chi connectivity index (χ1n) is 9.77. The molecule has 2 aliphatic rings. The van der Waals surface area contributed by atoms with Crippen molar-refractivity contribution in [3.63, 3.8) is 0 Å². The predicted octanol–water partition coefficient (Wildman–Crippen LogP) is 2.04. The Hall–Kier alpha value is -2.79. The van der Waals surface area contributed by atoms with Gasteiger partial charge < -0.3 is 5.32 Å². The molecule has 31 heavy (non-hydrogen) atoms. The fourth-order valence-corrected chi connectivity index (χ4v) is 5.97. The van der Waals surface area contributed by atoms with Crippen LogP contribution in [0, 0.1) is 6.92 Å². The number of hydrazone groups is 1. The Balaban J connectivity index is 1.46. The van der Waals surface area contributed by atoms with E-state index in [2.05, 4.69) is 20.4 Å². The van der Waals surface area contributed by atoms with Crippen molar-refractivity contribution in [3.05, 3.63) is 42.2 Å². The van der Waals surface area contributed by atoms with Crippen molar-refractivity contribution in [1.29, 1.82) is 0 Å². The van der Waals surface area contributed by atoms with Crippen molar-refractivity contribution >= 4 is 44.8 Å². The molecular formula is C20H21N5O4S2. The van der Waals surface area contributed by atoms with E-state index in [1.165, 1.54) is 16.8 Å². The van der Waals surface area contributed by atoms with Crippen molar-refractivity contribution in [1.82, 2.24) is 15.0 Å². The van der Waals surface area contributed by atoms with Gasteiger partial charge in [-0.05, 0) is 54.9 Å². The fourth-order valence-electron chi connectivity index (χ4n) is 3.47. The number of carbonyl (C=O) groups excluding carboxylic acids is 2. The molecule has 1 fully saturated rings. The van der Waals surface area contributed by atoms with E-state index < -0.39 is 21.8 Å². The molecule has 1 atom stereocenters. The first-order chi connectivity index (χ1) is 14.8. The Kier molecular flexibility index (Phi) is 6.05. The maximum Gasteiger partial charge on any atom is 0.271 e. The highest BCUT2D eigenvalue weighted by Gasteiger charge is 2.37.